The molecule has 0 heterocycles. The number of hydrogen-bond donors (Lipinski definition) is 3. The first-order valence-corrected chi connectivity index (χ1v) is 32.0. The van der Waals surface area contributed by atoms with Gasteiger partial charge >= 0.3 is 0 Å². The van der Waals surface area contributed by atoms with Gasteiger partial charge < -0.3 is 23.3 Å². The number of nitrogens with zero attached hydrogens (tertiary/aromatic N) is 3. The molecular weight excluding hydrogens is 890 g/mol. The molecule has 10 heteroatoms. The molecular formula is C60H132N3O6P. The Kier molecular flexibility index (Phi) is 67.4. The number of hydrogen-bond acceptors (Lipinski definition) is 6. The number of rotatable bonds is 51. The van der Waals surface area contributed by atoms with Gasteiger partial charge in [0.25, 0.3) is 0 Å². The van der Waals surface area contributed by atoms with Crippen LogP contribution in [-0.2, 0) is 0 Å². The van der Waals surface area contributed by atoms with E-state index in [0.717, 1.165) is 38.9 Å². The molecule has 0 radical (unpaired) electrons. The topological polar surface area (TPSA) is 130 Å². The molecule has 0 amide bonds. The van der Waals surface area contributed by atoms with Crippen LogP contribution < -0.4 is 14.7 Å². The van der Waals surface area contributed by atoms with Crippen LogP contribution in [0.15, 0.2) is 0 Å². The maximum absolute atomic E-state index is 9.57. The Bertz CT molecular complexity index is 800. The van der Waals surface area contributed by atoms with Crippen molar-refractivity contribution >= 4 is 8.60 Å². The lowest BCUT2D eigenvalue weighted by Gasteiger charge is -2.39. The maximum atomic E-state index is 9.57. The minimum Gasteiger partial charge on any atom is -0.854 e. The van der Waals surface area contributed by atoms with E-state index < -0.39 is 8.60 Å². The van der Waals surface area contributed by atoms with Gasteiger partial charge in [0, 0.05) is 0 Å². The molecule has 0 aliphatic rings. The van der Waals surface area contributed by atoms with Crippen LogP contribution >= 0.6 is 8.60 Å². The molecule has 3 N–H and O–H groups in total. The van der Waals surface area contributed by atoms with Crippen LogP contribution in [0.5, 0.6) is 0 Å². The highest BCUT2D eigenvalue weighted by Crippen LogP contribution is 2.17. The van der Waals surface area contributed by atoms with Gasteiger partial charge in [-0.15, -0.1) is 0 Å². The first kappa shape index (κ1) is 76.6. The fourth-order valence-electron chi connectivity index (χ4n) is 9.14. The molecule has 0 bridgehead atoms. The van der Waals surface area contributed by atoms with E-state index in [4.69, 9.17) is 14.7 Å². The first-order valence-electron chi connectivity index (χ1n) is 30.9. The highest BCUT2D eigenvalue weighted by molar-refractivity contribution is 7.33. The summed E-state index contributed by atoms with van der Waals surface area (Å²) in [7, 11) is 7.74. The van der Waals surface area contributed by atoms with Gasteiger partial charge in [0.15, 0.2) is 0 Å². The molecule has 0 fully saturated rings. The second kappa shape index (κ2) is 61.6. The third-order valence-corrected chi connectivity index (χ3v) is 13.7. The molecule has 70 heavy (non-hydrogen) atoms. The third kappa shape index (κ3) is 94.0. The quantitative estimate of drug-likeness (QED) is 0.0241. The molecule has 0 saturated carbocycles. The molecule has 0 aromatic rings. The molecule has 0 aliphatic heterocycles. The molecule has 0 atom stereocenters. The number of unbranched alkanes of at least 4 members (excludes halogenated alkanes) is 45. The zero-order valence-electron chi connectivity index (χ0n) is 49.4. The van der Waals surface area contributed by atoms with E-state index in [0.29, 0.717) is 0 Å². The average Bonchev–Trinajstić information content (AvgIpc) is 3.28. The van der Waals surface area contributed by atoms with Crippen molar-refractivity contribution in [2.75, 3.05) is 61.9 Å². The molecule has 0 aliphatic carbocycles. The van der Waals surface area contributed by atoms with E-state index in [2.05, 4.69) is 20.8 Å². The maximum Gasteiger partial charge on any atom is 0.108 e. The fraction of sp³-hybridized carbons (Fsp3) is 1.00. The Morgan fingerprint density at radius 1 is 0.214 bits per heavy atom. The van der Waals surface area contributed by atoms with E-state index in [9.17, 15) is 15.6 Å². The smallest absolute Gasteiger partial charge is 0.108 e. The van der Waals surface area contributed by atoms with Crippen molar-refractivity contribution in [1.82, 2.24) is 0 Å². The molecule has 0 aromatic heterocycles. The van der Waals surface area contributed by atoms with E-state index in [1.54, 1.807) is 0 Å². The van der Waals surface area contributed by atoms with E-state index in [1.807, 2.05) is 42.3 Å². The lowest BCUT2D eigenvalue weighted by molar-refractivity contribution is -1.07. The largest absolute Gasteiger partial charge is 0.854 e. The zero-order chi connectivity index (χ0) is 53.1. The summed E-state index contributed by atoms with van der Waals surface area (Å²) in [6.07, 6.45) is 67.3. The molecule has 0 unspecified atom stereocenters. The second-order valence-electron chi connectivity index (χ2n) is 23.2. The summed E-state index contributed by atoms with van der Waals surface area (Å²) >= 11 is 0. The molecule has 0 rings (SSSR count). The monoisotopic (exact) mass is 1020 g/mol. The normalized spacial score (nSPS) is 11.8. The van der Waals surface area contributed by atoms with Crippen molar-refractivity contribution < 1.29 is 44.2 Å². The molecule has 428 valence electrons. The highest BCUT2D eigenvalue weighted by atomic mass is 31.2. The summed E-state index contributed by atoms with van der Waals surface area (Å²) in [6, 6.07) is 0. The molecule has 9 nitrogen and oxygen atoms in total. The number of quaternary nitrogens is 3. The van der Waals surface area contributed by atoms with Gasteiger partial charge in [-0.25, -0.2) is 15.6 Å². The zero-order valence-corrected chi connectivity index (χ0v) is 50.3. The molecule has 0 saturated heterocycles. The lowest BCUT2D eigenvalue weighted by Crippen LogP contribution is -2.36. The molecule has 0 aromatic carbocycles. The van der Waals surface area contributed by atoms with Crippen LogP contribution in [-0.4, -0.2) is 91.5 Å². The Hall–Kier alpha value is 0.0700. The second-order valence-corrected chi connectivity index (χ2v) is 23.6. The van der Waals surface area contributed by atoms with Crippen molar-refractivity contribution in [2.45, 2.75) is 329 Å². The highest BCUT2D eigenvalue weighted by Gasteiger charge is 2.10. The fourth-order valence-corrected chi connectivity index (χ4v) is 9.14. The predicted octanol–water partition coefficient (Wildman–Crippen LogP) is 17.4. The summed E-state index contributed by atoms with van der Waals surface area (Å²) in [4.78, 5) is 25.4. The van der Waals surface area contributed by atoms with Crippen molar-refractivity contribution in [3.8, 4) is 0 Å². The van der Waals surface area contributed by atoms with Crippen molar-refractivity contribution in [3.05, 3.63) is 0 Å². The van der Waals surface area contributed by atoms with Crippen molar-refractivity contribution in [2.24, 2.45) is 0 Å². The number of hydroxylamine groups is 9. The van der Waals surface area contributed by atoms with Crippen LogP contribution in [0, 0.1) is 0 Å². The lowest BCUT2D eigenvalue weighted by atomic mass is 10.0. The first-order chi connectivity index (χ1) is 33.4. The van der Waals surface area contributed by atoms with E-state index in [1.165, 1.54) is 289 Å². The summed E-state index contributed by atoms with van der Waals surface area (Å²) in [6.45, 7) is 9.52. The van der Waals surface area contributed by atoms with Crippen LogP contribution in [0.3, 0.4) is 0 Å². The summed E-state index contributed by atoms with van der Waals surface area (Å²) in [5, 5.41) is 28.7. The summed E-state index contributed by atoms with van der Waals surface area (Å²) < 4.78 is 0.371. The van der Waals surface area contributed by atoms with Crippen molar-refractivity contribution in [3.63, 3.8) is 0 Å². The predicted molar refractivity (Wildman–Crippen MR) is 302 cm³/mol. The SMILES string of the molecule is CCCCCCCCCCCCCCCCCC[N+](C)(C)O.CCCCCCCCCCCCCCCCCC[N+](C)(C)O.CCCCCCCCCCCCCCCCCC[N+](C)(C)O.[O-]P([O-])[O-]. The van der Waals surface area contributed by atoms with Gasteiger partial charge in [-0.1, -0.05) is 290 Å². The Labute approximate surface area is 442 Å². The summed E-state index contributed by atoms with van der Waals surface area (Å²) in [5.41, 5.74) is 0. The van der Waals surface area contributed by atoms with Gasteiger partial charge in [-0.3, -0.25) is 0 Å². The standard InChI is InChI=1S/3C20H44NO.O3P/c3*1-4-5-6-7-8-9-10-11-12-13-14-15-16-17-18-19-20-21(2,3)22;1-4(2)3/h3*22H,4-20H2,1-3H3;/q3*+1;-3. The summed E-state index contributed by atoms with van der Waals surface area (Å²) in [5.74, 6) is 0. The van der Waals surface area contributed by atoms with Gasteiger partial charge in [-0.05, 0) is 38.5 Å². The van der Waals surface area contributed by atoms with Gasteiger partial charge in [0.1, 0.15) is 19.6 Å². The van der Waals surface area contributed by atoms with Crippen LogP contribution in [0.25, 0.3) is 0 Å². The van der Waals surface area contributed by atoms with Gasteiger partial charge in [-0.2, -0.15) is 13.9 Å². The Morgan fingerprint density at radius 2 is 0.300 bits per heavy atom. The van der Waals surface area contributed by atoms with Crippen LogP contribution in [0.1, 0.15) is 329 Å². The minimum absolute atomic E-state index is 0.124. The minimum atomic E-state index is -3.37. The molecule has 0 spiro atoms. The Balaban J connectivity index is -0.000000448. The van der Waals surface area contributed by atoms with E-state index >= 15 is 0 Å². The Morgan fingerprint density at radius 3 is 0.386 bits per heavy atom. The van der Waals surface area contributed by atoms with Gasteiger partial charge in [0.2, 0.25) is 0 Å². The van der Waals surface area contributed by atoms with Crippen molar-refractivity contribution in [1.29, 1.82) is 0 Å². The third-order valence-electron chi connectivity index (χ3n) is 13.7. The van der Waals surface area contributed by atoms with Gasteiger partial charge in [0.05, 0.1) is 42.3 Å². The average molecular weight is 1020 g/mol. The van der Waals surface area contributed by atoms with Crippen LogP contribution in [0.2, 0.25) is 0 Å². The van der Waals surface area contributed by atoms with E-state index in [-0.39, 0.29) is 13.9 Å². The van der Waals surface area contributed by atoms with Crippen LogP contribution in [0.4, 0.5) is 0 Å².